The van der Waals surface area contributed by atoms with Gasteiger partial charge in [-0.1, -0.05) is 6.42 Å². The number of piperidine rings is 1. The van der Waals surface area contributed by atoms with Crippen LogP contribution in [0.2, 0.25) is 0 Å². The molecular weight excluding hydrogens is 276 g/mol. The molecule has 0 aromatic rings. The maximum Gasteiger partial charge on any atom is 0.244 e. The summed E-state index contributed by atoms with van der Waals surface area (Å²) in [6.45, 7) is 2.73. The number of hydrogen-bond donors (Lipinski definition) is 1. The molecule has 0 aromatic heterocycles. The lowest BCUT2D eigenvalue weighted by Crippen LogP contribution is -2.58. The van der Waals surface area contributed by atoms with Crippen molar-refractivity contribution in [3.05, 3.63) is 0 Å². The minimum Gasteiger partial charge on any atom is -0.341 e. The summed E-state index contributed by atoms with van der Waals surface area (Å²) in [5.74, 6) is -0.134. The number of likely N-dealkylation sites (tertiary alicyclic amines) is 1. The van der Waals surface area contributed by atoms with Gasteiger partial charge in [-0.05, 0) is 50.6 Å². The third-order valence-corrected chi connectivity index (χ3v) is 7.65. The van der Waals surface area contributed by atoms with E-state index in [-0.39, 0.29) is 5.91 Å². The molecule has 1 amide bonds. The molecule has 1 N–H and O–H groups in total. The van der Waals surface area contributed by atoms with Crippen molar-refractivity contribution in [2.24, 2.45) is 5.41 Å². The lowest BCUT2D eigenvalue weighted by Gasteiger charge is -2.40. The molecule has 6 heteroatoms. The number of amides is 1. The maximum atomic E-state index is 12.9. The van der Waals surface area contributed by atoms with E-state index >= 15 is 0 Å². The average molecular weight is 300 g/mol. The molecule has 0 radical (unpaired) electrons. The van der Waals surface area contributed by atoms with Crippen LogP contribution in [0.3, 0.4) is 0 Å². The first-order valence-electron chi connectivity index (χ1n) is 7.58. The summed E-state index contributed by atoms with van der Waals surface area (Å²) in [5, 5.41) is 3.16. The number of carbonyl (C=O) groups excluding carboxylic acids is 1. The normalized spacial score (nSPS) is 28.4. The zero-order valence-corrected chi connectivity index (χ0v) is 13.0. The fourth-order valence-corrected chi connectivity index (χ4v) is 5.45. The molecule has 1 aliphatic carbocycles. The first-order valence-corrected chi connectivity index (χ1v) is 9.48. The predicted octanol–water partition coefficient (Wildman–Crippen LogP) is 0.556. The number of nitrogens with one attached hydrogen (secondary N) is 1. The van der Waals surface area contributed by atoms with Crippen molar-refractivity contribution in [3.63, 3.8) is 0 Å². The Morgan fingerprint density at radius 1 is 1.10 bits per heavy atom. The van der Waals surface area contributed by atoms with Gasteiger partial charge in [0, 0.05) is 19.3 Å². The van der Waals surface area contributed by atoms with E-state index in [4.69, 9.17) is 0 Å². The Bertz CT molecular complexity index is 505. The summed E-state index contributed by atoms with van der Waals surface area (Å²) >= 11 is 0. The lowest BCUT2D eigenvalue weighted by molar-refractivity contribution is -0.134. The van der Waals surface area contributed by atoms with Gasteiger partial charge in [-0.3, -0.25) is 4.79 Å². The molecule has 114 valence electrons. The van der Waals surface area contributed by atoms with Crippen molar-refractivity contribution in [3.8, 4) is 0 Å². The van der Waals surface area contributed by atoms with E-state index in [0.29, 0.717) is 31.3 Å². The van der Waals surface area contributed by atoms with Crippen LogP contribution in [0.25, 0.3) is 0 Å². The molecule has 20 heavy (non-hydrogen) atoms. The standard InChI is InChI=1S/C14H24N2O3S/c1-20(18,19)14(5-8-15-9-6-14)12(17)16-10-7-13(11-16)3-2-4-13/h15H,2-11H2,1H3. The molecule has 3 fully saturated rings. The zero-order valence-electron chi connectivity index (χ0n) is 12.2. The summed E-state index contributed by atoms with van der Waals surface area (Å²) in [6.07, 6.45) is 6.75. The third kappa shape index (κ3) is 2.08. The number of rotatable bonds is 2. The summed E-state index contributed by atoms with van der Waals surface area (Å²) in [4.78, 5) is 14.8. The van der Waals surface area contributed by atoms with Crippen LogP contribution >= 0.6 is 0 Å². The minimum atomic E-state index is -3.38. The second kappa shape index (κ2) is 4.70. The van der Waals surface area contributed by atoms with Crippen molar-refractivity contribution in [1.82, 2.24) is 10.2 Å². The molecule has 1 saturated carbocycles. The molecule has 2 heterocycles. The van der Waals surface area contributed by atoms with Gasteiger partial charge in [-0.15, -0.1) is 0 Å². The Morgan fingerprint density at radius 2 is 1.75 bits per heavy atom. The van der Waals surface area contributed by atoms with Crippen LogP contribution in [0.5, 0.6) is 0 Å². The van der Waals surface area contributed by atoms with E-state index < -0.39 is 14.6 Å². The topological polar surface area (TPSA) is 66.5 Å². The molecule has 3 aliphatic rings. The summed E-state index contributed by atoms with van der Waals surface area (Å²) in [5.41, 5.74) is 0.321. The van der Waals surface area contributed by atoms with Crippen molar-refractivity contribution in [1.29, 1.82) is 0 Å². The van der Waals surface area contributed by atoms with Crippen molar-refractivity contribution in [2.75, 3.05) is 32.4 Å². The fraction of sp³-hybridized carbons (Fsp3) is 0.929. The van der Waals surface area contributed by atoms with Crippen LogP contribution < -0.4 is 5.32 Å². The highest BCUT2D eigenvalue weighted by molar-refractivity contribution is 7.92. The zero-order chi connectivity index (χ0) is 14.4. The second-order valence-electron chi connectivity index (χ2n) is 6.85. The quantitative estimate of drug-likeness (QED) is 0.809. The Labute approximate surface area is 121 Å². The van der Waals surface area contributed by atoms with Gasteiger partial charge in [0.2, 0.25) is 5.91 Å². The number of carbonyl (C=O) groups is 1. The number of hydrogen-bond acceptors (Lipinski definition) is 4. The molecule has 0 bridgehead atoms. The SMILES string of the molecule is CS(=O)(=O)C1(C(=O)N2CCC3(CCC3)C2)CCNCC1. The molecule has 0 unspecified atom stereocenters. The fourth-order valence-electron chi connectivity index (χ4n) is 4.06. The van der Waals surface area contributed by atoms with Crippen LogP contribution in [0, 0.1) is 5.41 Å². The van der Waals surface area contributed by atoms with E-state index in [2.05, 4.69) is 5.32 Å². The highest BCUT2D eigenvalue weighted by Crippen LogP contribution is 2.48. The van der Waals surface area contributed by atoms with Gasteiger partial charge in [0.15, 0.2) is 14.6 Å². The molecule has 0 atom stereocenters. The van der Waals surface area contributed by atoms with Gasteiger partial charge < -0.3 is 10.2 Å². The second-order valence-corrected chi connectivity index (χ2v) is 9.17. The van der Waals surface area contributed by atoms with Crippen molar-refractivity contribution < 1.29 is 13.2 Å². The summed E-state index contributed by atoms with van der Waals surface area (Å²) < 4.78 is 23.4. The Hall–Kier alpha value is -0.620. The van der Waals surface area contributed by atoms with Gasteiger partial charge in [0.1, 0.15) is 0 Å². The maximum absolute atomic E-state index is 12.9. The molecule has 0 aromatic carbocycles. The Balaban J connectivity index is 1.83. The van der Waals surface area contributed by atoms with Crippen LogP contribution in [0.15, 0.2) is 0 Å². The monoisotopic (exact) mass is 300 g/mol. The van der Waals surface area contributed by atoms with Crippen molar-refractivity contribution >= 4 is 15.7 Å². The average Bonchev–Trinajstić information content (AvgIpc) is 2.82. The van der Waals surface area contributed by atoms with E-state index in [1.807, 2.05) is 4.90 Å². The van der Waals surface area contributed by atoms with Crippen LogP contribution in [0.1, 0.15) is 38.5 Å². The Kier molecular flexibility index (Phi) is 3.36. The van der Waals surface area contributed by atoms with E-state index in [1.165, 1.54) is 25.5 Å². The Morgan fingerprint density at radius 3 is 2.20 bits per heavy atom. The highest BCUT2D eigenvalue weighted by Gasteiger charge is 2.53. The summed E-state index contributed by atoms with van der Waals surface area (Å²) in [6, 6.07) is 0. The molecule has 2 saturated heterocycles. The molecular formula is C14H24N2O3S. The number of nitrogens with zero attached hydrogens (tertiary/aromatic N) is 1. The molecule has 3 rings (SSSR count). The van der Waals surface area contributed by atoms with Crippen LogP contribution in [-0.4, -0.2) is 56.4 Å². The molecule has 5 nitrogen and oxygen atoms in total. The number of sulfone groups is 1. The largest absolute Gasteiger partial charge is 0.341 e. The van der Waals surface area contributed by atoms with E-state index in [0.717, 1.165) is 19.5 Å². The minimum absolute atomic E-state index is 0.134. The molecule has 1 spiro atoms. The van der Waals surface area contributed by atoms with Gasteiger partial charge >= 0.3 is 0 Å². The van der Waals surface area contributed by atoms with Gasteiger partial charge in [0.25, 0.3) is 0 Å². The summed E-state index contributed by atoms with van der Waals surface area (Å²) in [7, 11) is -3.38. The van der Waals surface area contributed by atoms with Gasteiger partial charge in [0.05, 0.1) is 0 Å². The molecule has 2 aliphatic heterocycles. The van der Waals surface area contributed by atoms with E-state index in [1.54, 1.807) is 0 Å². The first kappa shape index (κ1) is 14.3. The third-order valence-electron chi connectivity index (χ3n) is 5.65. The van der Waals surface area contributed by atoms with E-state index in [9.17, 15) is 13.2 Å². The van der Waals surface area contributed by atoms with Gasteiger partial charge in [-0.2, -0.15) is 0 Å². The smallest absolute Gasteiger partial charge is 0.244 e. The predicted molar refractivity (Wildman–Crippen MR) is 77.2 cm³/mol. The first-order chi connectivity index (χ1) is 9.39. The van der Waals surface area contributed by atoms with Crippen LogP contribution in [-0.2, 0) is 14.6 Å². The lowest BCUT2D eigenvalue weighted by atomic mass is 9.68. The highest BCUT2D eigenvalue weighted by atomic mass is 32.2. The van der Waals surface area contributed by atoms with Crippen molar-refractivity contribution in [2.45, 2.75) is 43.3 Å². The van der Waals surface area contributed by atoms with Gasteiger partial charge in [-0.25, -0.2) is 8.42 Å². The van der Waals surface area contributed by atoms with Crippen LogP contribution in [0.4, 0.5) is 0 Å².